The van der Waals surface area contributed by atoms with E-state index in [1.807, 2.05) is 42.5 Å². The second kappa shape index (κ2) is 10.4. The highest BCUT2D eigenvalue weighted by atomic mass is 35.5. The quantitative estimate of drug-likeness (QED) is 0.266. The SMILES string of the molecule is Clc1ccc(COc2ccc3ccccc3c2CNCCc2ccc(Cl)cc2Cl)cc1. The van der Waals surface area contributed by atoms with Crippen LogP contribution >= 0.6 is 34.8 Å². The zero-order valence-corrected chi connectivity index (χ0v) is 19.1. The van der Waals surface area contributed by atoms with Crippen LogP contribution in [0.5, 0.6) is 5.75 Å². The number of halogens is 3. The van der Waals surface area contributed by atoms with E-state index < -0.39 is 0 Å². The Morgan fingerprint density at radius 1 is 0.774 bits per heavy atom. The van der Waals surface area contributed by atoms with Gasteiger partial charge in [-0.1, -0.05) is 83.3 Å². The number of hydrogen-bond donors (Lipinski definition) is 1. The van der Waals surface area contributed by atoms with Gasteiger partial charge >= 0.3 is 0 Å². The van der Waals surface area contributed by atoms with E-state index in [1.165, 1.54) is 10.8 Å². The Labute approximate surface area is 197 Å². The van der Waals surface area contributed by atoms with Gasteiger partial charge < -0.3 is 10.1 Å². The molecule has 0 radical (unpaired) electrons. The normalized spacial score (nSPS) is 11.1. The summed E-state index contributed by atoms with van der Waals surface area (Å²) in [6, 6.07) is 25.9. The lowest BCUT2D eigenvalue weighted by Crippen LogP contribution is -2.17. The molecule has 4 aromatic rings. The summed E-state index contributed by atoms with van der Waals surface area (Å²) < 4.78 is 6.20. The van der Waals surface area contributed by atoms with Gasteiger partial charge in [-0.3, -0.25) is 0 Å². The zero-order valence-electron chi connectivity index (χ0n) is 16.9. The highest BCUT2D eigenvalue weighted by molar-refractivity contribution is 6.35. The van der Waals surface area contributed by atoms with Gasteiger partial charge in [-0.05, 0) is 65.2 Å². The summed E-state index contributed by atoms with van der Waals surface area (Å²) in [4.78, 5) is 0. The molecular formula is C26H22Cl3NO. The van der Waals surface area contributed by atoms with Gasteiger partial charge in [-0.15, -0.1) is 0 Å². The van der Waals surface area contributed by atoms with Crippen molar-refractivity contribution in [2.24, 2.45) is 0 Å². The minimum Gasteiger partial charge on any atom is -0.489 e. The first-order chi connectivity index (χ1) is 15.1. The topological polar surface area (TPSA) is 21.3 Å². The second-order valence-electron chi connectivity index (χ2n) is 7.34. The molecule has 0 fully saturated rings. The summed E-state index contributed by atoms with van der Waals surface area (Å²) in [7, 11) is 0. The molecule has 0 aliphatic rings. The van der Waals surface area contributed by atoms with Crippen LogP contribution in [-0.2, 0) is 19.6 Å². The molecule has 0 amide bonds. The molecular weight excluding hydrogens is 449 g/mol. The van der Waals surface area contributed by atoms with E-state index in [0.717, 1.165) is 40.4 Å². The third-order valence-electron chi connectivity index (χ3n) is 5.19. The van der Waals surface area contributed by atoms with Crippen molar-refractivity contribution in [3.8, 4) is 5.75 Å². The van der Waals surface area contributed by atoms with E-state index in [4.69, 9.17) is 39.5 Å². The molecule has 0 unspecified atom stereocenters. The summed E-state index contributed by atoms with van der Waals surface area (Å²) in [6.45, 7) is 1.98. The van der Waals surface area contributed by atoms with Crippen LogP contribution in [0, 0.1) is 0 Å². The number of benzene rings is 4. The maximum atomic E-state index is 6.30. The van der Waals surface area contributed by atoms with E-state index in [-0.39, 0.29) is 0 Å². The van der Waals surface area contributed by atoms with Crippen molar-refractivity contribution >= 4 is 45.6 Å². The van der Waals surface area contributed by atoms with Gasteiger partial charge in [0.15, 0.2) is 0 Å². The van der Waals surface area contributed by atoms with E-state index in [9.17, 15) is 0 Å². The van der Waals surface area contributed by atoms with Gasteiger partial charge in [-0.25, -0.2) is 0 Å². The van der Waals surface area contributed by atoms with Crippen molar-refractivity contribution in [3.05, 3.63) is 111 Å². The number of ether oxygens (including phenoxy) is 1. The fraction of sp³-hybridized carbons (Fsp3) is 0.154. The molecule has 0 spiro atoms. The molecule has 2 nitrogen and oxygen atoms in total. The summed E-state index contributed by atoms with van der Waals surface area (Å²) in [5.74, 6) is 0.880. The minimum atomic E-state index is 0.489. The molecule has 5 heteroatoms. The largest absolute Gasteiger partial charge is 0.489 e. The van der Waals surface area contributed by atoms with Crippen molar-refractivity contribution in [2.45, 2.75) is 19.6 Å². The van der Waals surface area contributed by atoms with E-state index in [1.54, 1.807) is 6.07 Å². The van der Waals surface area contributed by atoms with Crippen LogP contribution in [0.2, 0.25) is 15.1 Å². The van der Waals surface area contributed by atoms with Crippen molar-refractivity contribution < 1.29 is 4.74 Å². The number of rotatable bonds is 8. The van der Waals surface area contributed by atoms with E-state index in [0.29, 0.717) is 23.2 Å². The summed E-state index contributed by atoms with van der Waals surface area (Å²) >= 11 is 18.3. The Bertz CT molecular complexity index is 1180. The Hall–Kier alpha value is -2.23. The smallest absolute Gasteiger partial charge is 0.124 e. The van der Waals surface area contributed by atoms with Crippen molar-refractivity contribution in [1.29, 1.82) is 0 Å². The van der Waals surface area contributed by atoms with Crippen LogP contribution in [0.25, 0.3) is 10.8 Å². The third kappa shape index (κ3) is 5.72. The summed E-state index contributed by atoms with van der Waals surface area (Å²) in [6.07, 6.45) is 0.821. The van der Waals surface area contributed by atoms with Crippen LogP contribution in [-0.4, -0.2) is 6.54 Å². The van der Waals surface area contributed by atoms with E-state index in [2.05, 4.69) is 35.6 Å². The Balaban J connectivity index is 1.47. The van der Waals surface area contributed by atoms with Crippen LogP contribution in [0.1, 0.15) is 16.7 Å². The molecule has 0 bridgehead atoms. The standard InChI is InChI=1S/C26H22Cl3NO/c27-21-9-5-18(6-10-21)17-31-26-12-8-19-3-1-2-4-23(19)24(26)16-30-14-13-20-7-11-22(28)15-25(20)29/h1-12,15,30H,13-14,16-17H2. The lowest BCUT2D eigenvalue weighted by Gasteiger charge is -2.15. The molecule has 31 heavy (non-hydrogen) atoms. The zero-order chi connectivity index (χ0) is 21.6. The highest BCUT2D eigenvalue weighted by Gasteiger charge is 2.10. The van der Waals surface area contributed by atoms with Gasteiger partial charge in [0.1, 0.15) is 12.4 Å². The van der Waals surface area contributed by atoms with Crippen molar-refractivity contribution in [2.75, 3.05) is 6.54 Å². The maximum absolute atomic E-state index is 6.30. The fourth-order valence-electron chi connectivity index (χ4n) is 3.54. The second-order valence-corrected chi connectivity index (χ2v) is 8.62. The first-order valence-electron chi connectivity index (χ1n) is 10.1. The summed E-state index contributed by atoms with van der Waals surface area (Å²) in [5.41, 5.74) is 3.30. The lowest BCUT2D eigenvalue weighted by atomic mass is 10.0. The van der Waals surface area contributed by atoms with Gasteiger partial charge in [0.25, 0.3) is 0 Å². The van der Waals surface area contributed by atoms with Gasteiger partial charge in [0.05, 0.1) is 0 Å². The molecule has 0 saturated heterocycles. The molecule has 4 rings (SSSR count). The first-order valence-corrected chi connectivity index (χ1v) is 11.3. The Kier molecular flexibility index (Phi) is 7.37. The lowest BCUT2D eigenvalue weighted by molar-refractivity contribution is 0.303. The average molecular weight is 471 g/mol. The maximum Gasteiger partial charge on any atom is 0.124 e. The van der Waals surface area contributed by atoms with E-state index >= 15 is 0 Å². The van der Waals surface area contributed by atoms with Crippen LogP contribution in [0.15, 0.2) is 78.9 Å². The van der Waals surface area contributed by atoms with Gasteiger partial charge in [0.2, 0.25) is 0 Å². The van der Waals surface area contributed by atoms with Crippen LogP contribution in [0.3, 0.4) is 0 Å². The minimum absolute atomic E-state index is 0.489. The van der Waals surface area contributed by atoms with Crippen LogP contribution < -0.4 is 10.1 Å². The monoisotopic (exact) mass is 469 g/mol. The third-order valence-corrected chi connectivity index (χ3v) is 6.03. The molecule has 0 atom stereocenters. The number of nitrogens with one attached hydrogen (secondary N) is 1. The molecule has 0 aliphatic carbocycles. The van der Waals surface area contributed by atoms with Crippen molar-refractivity contribution in [1.82, 2.24) is 5.32 Å². The Morgan fingerprint density at radius 3 is 2.35 bits per heavy atom. The van der Waals surface area contributed by atoms with Crippen LogP contribution in [0.4, 0.5) is 0 Å². The number of hydrogen-bond acceptors (Lipinski definition) is 2. The molecule has 158 valence electrons. The van der Waals surface area contributed by atoms with Gasteiger partial charge in [0, 0.05) is 27.2 Å². The van der Waals surface area contributed by atoms with Crippen molar-refractivity contribution in [3.63, 3.8) is 0 Å². The molecule has 0 aliphatic heterocycles. The average Bonchev–Trinajstić information content (AvgIpc) is 2.78. The molecule has 1 N–H and O–H groups in total. The molecule has 4 aromatic carbocycles. The molecule has 0 saturated carbocycles. The predicted molar refractivity (Wildman–Crippen MR) is 132 cm³/mol. The Morgan fingerprint density at radius 2 is 1.55 bits per heavy atom. The number of fused-ring (bicyclic) bond motifs is 1. The highest BCUT2D eigenvalue weighted by Crippen LogP contribution is 2.29. The first kappa shape index (κ1) is 22.0. The van der Waals surface area contributed by atoms with Gasteiger partial charge in [-0.2, -0.15) is 0 Å². The predicted octanol–water partition coefficient (Wildman–Crippen LogP) is 7.71. The molecule has 0 aromatic heterocycles. The fourth-order valence-corrected chi connectivity index (χ4v) is 4.17. The molecule has 0 heterocycles. The summed E-state index contributed by atoms with van der Waals surface area (Å²) in [5, 5.41) is 8.00.